The fraction of sp³-hybridized carbons (Fsp3) is 0.222. The molecule has 0 unspecified atom stereocenters. The van der Waals surface area contributed by atoms with Crippen LogP contribution in [0.25, 0.3) is 11.1 Å². The molecule has 0 spiro atoms. The third-order valence-electron chi connectivity index (χ3n) is 4.00. The maximum absolute atomic E-state index is 11.1. The molecule has 1 aliphatic heterocycles. The summed E-state index contributed by atoms with van der Waals surface area (Å²) in [4.78, 5) is 19.5. The zero-order chi connectivity index (χ0) is 17.9. The Morgan fingerprint density at radius 2 is 2.12 bits per heavy atom. The van der Waals surface area contributed by atoms with E-state index in [0.29, 0.717) is 19.0 Å². The largest absolute Gasteiger partial charge is 0.442 e. The predicted molar refractivity (Wildman–Crippen MR) is 96.0 cm³/mol. The van der Waals surface area contributed by atoms with Gasteiger partial charge in [-0.3, -0.25) is 4.68 Å². The average molecular weight is 350 g/mol. The molecule has 4 rings (SSSR count). The second kappa shape index (κ2) is 6.83. The second-order valence-corrected chi connectivity index (χ2v) is 6.14. The summed E-state index contributed by atoms with van der Waals surface area (Å²) in [7, 11) is 0. The van der Waals surface area contributed by atoms with Gasteiger partial charge < -0.3 is 15.4 Å². The number of carbonyl (C=O) groups is 1. The number of rotatable bonds is 5. The number of hydrogen-bond donors (Lipinski definition) is 2. The Bertz CT molecular complexity index is 924. The zero-order valence-corrected chi connectivity index (χ0v) is 14.2. The SMILES string of the molecule is Cc1cc(Nc2ncccn2)cc(-c2cnn(C[C@@H]3CNC(=O)O3)c2)c1. The lowest BCUT2D eigenvalue weighted by Crippen LogP contribution is -2.20. The first kappa shape index (κ1) is 16.1. The number of nitrogens with zero attached hydrogens (tertiary/aromatic N) is 4. The van der Waals surface area contributed by atoms with Crippen LogP contribution in [0.4, 0.5) is 16.4 Å². The maximum Gasteiger partial charge on any atom is 0.407 e. The van der Waals surface area contributed by atoms with E-state index in [9.17, 15) is 4.79 Å². The summed E-state index contributed by atoms with van der Waals surface area (Å²) in [6.07, 6.45) is 6.58. The number of aryl methyl sites for hydroxylation is 1. The Morgan fingerprint density at radius 1 is 1.27 bits per heavy atom. The van der Waals surface area contributed by atoms with Gasteiger partial charge in [0.05, 0.1) is 19.3 Å². The Kier molecular flexibility index (Phi) is 4.22. The first-order valence-corrected chi connectivity index (χ1v) is 8.29. The van der Waals surface area contributed by atoms with Crippen molar-refractivity contribution in [3.8, 4) is 11.1 Å². The number of aromatic nitrogens is 4. The molecule has 26 heavy (non-hydrogen) atoms. The number of cyclic esters (lactones) is 1. The van der Waals surface area contributed by atoms with Gasteiger partial charge in [0, 0.05) is 29.8 Å². The van der Waals surface area contributed by atoms with E-state index in [-0.39, 0.29) is 12.2 Å². The molecule has 0 bridgehead atoms. The monoisotopic (exact) mass is 350 g/mol. The smallest absolute Gasteiger partial charge is 0.407 e. The molecule has 1 fully saturated rings. The molecule has 1 atom stereocenters. The first-order chi connectivity index (χ1) is 12.7. The molecule has 0 radical (unpaired) electrons. The number of benzene rings is 1. The lowest BCUT2D eigenvalue weighted by Gasteiger charge is -2.08. The van der Waals surface area contributed by atoms with Gasteiger partial charge in [-0.1, -0.05) is 6.07 Å². The van der Waals surface area contributed by atoms with E-state index in [2.05, 4.69) is 31.8 Å². The molecule has 0 aliphatic carbocycles. The van der Waals surface area contributed by atoms with Crippen molar-refractivity contribution in [1.29, 1.82) is 0 Å². The van der Waals surface area contributed by atoms with Crippen LogP contribution in [-0.4, -0.2) is 38.5 Å². The highest BCUT2D eigenvalue weighted by Gasteiger charge is 2.23. The molecule has 1 aliphatic rings. The van der Waals surface area contributed by atoms with Crippen molar-refractivity contribution >= 4 is 17.7 Å². The van der Waals surface area contributed by atoms with Gasteiger partial charge in [-0.15, -0.1) is 0 Å². The predicted octanol–water partition coefficient (Wildman–Crippen LogP) is 2.50. The van der Waals surface area contributed by atoms with Gasteiger partial charge in [0.25, 0.3) is 0 Å². The van der Waals surface area contributed by atoms with Gasteiger partial charge in [-0.2, -0.15) is 5.10 Å². The normalized spacial score (nSPS) is 16.2. The van der Waals surface area contributed by atoms with Crippen LogP contribution >= 0.6 is 0 Å². The fourth-order valence-corrected chi connectivity index (χ4v) is 2.87. The van der Waals surface area contributed by atoms with Crippen molar-refractivity contribution in [3.05, 3.63) is 54.6 Å². The molecule has 8 nitrogen and oxygen atoms in total. The van der Waals surface area contributed by atoms with Crippen molar-refractivity contribution in [2.45, 2.75) is 19.6 Å². The molecule has 1 aromatic carbocycles. The summed E-state index contributed by atoms with van der Waals surface area (Å²) in [5.41, 5.74) is 4.05. The molecular weight excluding hydrogens is 332 g/mol. The molecule has 0 saturated carbocycles. The number of alkyl carbamates (subject to hydrolysis) is 1. The molecule has 3 heterocycles. The topological polar surface area (TPSA) is 94.0 Å². The van der Waals surface area contributed by atoms with E-state index in [1.165, 1.54) is 0 Å². The van der Waals surface area contributed by atoms with Gasteiger partial charge >= 0.3 is 6.09 Å². The fourth-order valence-electron chi connectivity index (χ4n) is 2.87. The van der Waals surface area contributed by atoms with E-state index in [0.717, 1.165) is 22.4 Å². The quantitative estimate of drug-likeness (QED) is 0.734. The van der Waals surface area contributed by atoms with Crippen LogP contribution in [0.3, 0.4) is 0 Å². The van der Waals surface area contributed by atoms with E-state index < -0.39 is 0 Å². The molecule has 3 aromatic rings. The van der Waals surface area contributed by atoms with Crippen LogP contribution in [-0.2, 0) is 11.3 Å². The second-order valence-electron chi connectivity index (χ2n) is 6.14. The summed E-state index contributed by atoms with van der Waals surface area (Å²) in [6, 6.07) is 7.93. The van der Waals surface area contributed by atoms with Crippen molar-refractivity contribution < 1.29 is 9.53 Å². The summed E-state index contributed by atoms with van der Waals surface area (Å²) >= 11 is 0. The number of anilines is 2. The number of carbonyl (C=O) groups excluding carboxylic acids is 1. The van der Waals surface area contributed by atoms with Gasteiger partial charge in [0.2, 0.25) is 5.95 Å². The summed E-state index contributed by atoms with van der Waals surface area (Å²) in [6.45, 7) is 3.06. The van der Waals surface area contributed by atoms with Crippen LogP contribution in [0.5, 0.6) is 0 Å². The average Bonchev–Trinajstić information content (AvgIpc) is 3.25. The maximum atomic E-state index is 11.1. The molecule has 2 N–H and O–H groups in total. The van der Waals surface area contributed by atoms with Crippen LogP contribution in [0, 0.1) is 6.92 Å². The molecule has 2 aromatic heterocycles. The number of hydrogen-bond acceptors (Lipinski definition) is 6. The van der Waals surface area contributed by atoms with Crippen molar-refractivity contribution in [3.63, 3.8) is 0 Å². The van der Waals surface area contributed by atoms with Crippen molar-refractivity contribution in [2.75, 3.05) is 11.9 Å². The summed E-state index contributed by atoms with van der Waals surface area (Å²) in [5.74, 6) is 0.551. The molecule has 1 amide bonds. The highest BCUT2D eigenvalue weighted by atomic mass is 16.6. The van der Waals surface area contributed by atoms with E-state index in [1.807, 2.05) is 31.5 Å². The summed E-state index contributed by atoms with van der Waals surface area (Å²) in [5, 5.41) is 10.2. The van der Waals surface area contributed by atoms with Crippen LogP contribution in [0.2, 0.25) is 0 Å². The summed E-state index contributed by atoms with van der Waals surface area (Å²) < 4.78 is 6.94. The van der Waals surface area contributed by atoms with Crippen LogP contribution in [0.1, 0.15) is 5.56 Å². The zero-order valence-electron chi connectivity index (χ0n) is 14.2. The Labute approximate surface area is 150 Å². The lowest BCUT2D eigenvalue weighted by molar-refractivity contribution is 0.129. The standard InChI is InChI=1S/C18H18N6O2/c1-12-5-13(7-15(6-12)23-17-19-3-2-4-20-17)14-8-22-24(10-14)11-16-9-21-18(25)26-16/h2-8,10,16H,9,11H2,1H3,(H,21,25)(H,19,20,23)/t16-/m0/s1. The minimum absolute atomic E-state index is 0.194. The van der Waals surface area contributed by atoms with E-state index in [4.69, 9.17) is 4.74 Å². The molecule has 132 valence electrons. The number of amides is 1. The minimum atomic E-state index is -0.375. The Hall–Kier alpha value is -3.42. The number of nitrogens with one attached hydrogen (secondary N) is 2. The van der Waals surface area contributed by atoms with Crippen molar-refractivity contribution in [2.24, 2.45) is 0 Å². The first-order valence-electron chi connectivity index (χ1n) is 8.29. The van der Waals surface area contributed by atoms with Gasteiger partial charge in [0.1, 0.15) is 6.10 Å². The lowest BCUT2D eigenvalue weighted by atomic mass is 10.1. The molecule has 8 heteroatoms. The van der Waals surface area contributed by atoms with Crippen LogP contribution in [0.15, 0.2) is 49.1 Å². The Morgan fingerprint density at radius 3 is 2.88 bits per heavy atom. The van der Waals surface area contributed by atoms with E-state index in [1.54, 1.807) is 23.1 Å². The van der Waals surface area contributed by atoms with Gasteiger partial charge in [-0.05, 0) is 36.2 Å². The molecular formula is C18H18N6O2. The van der Waals surface area contributed by atoms with Gasteiger partial charge in [-0.25, -0.2) is 14.8 Å². The highest BCUT2D eigenvalue weighted by Crippen LogP contribution is 2.25. The minimum Gasteiger partial charge on any atom is -0.442 e. The van der Waals surface area contributed by atoms with Gasteiger partial charge in [0.15, 0.2) is 0 Å². The third-order valence-corrected chi connectivity index (χ3v) is 4.00. The van der Waals surface area contributed by atoms with E-state index >= 15 is 0 Å². The number of ether oxygens (including phenoxy) is 1. The molecule has 1 saturated heterocycles. The highest BCUT2D eigenvalue weighted by molar-refractivity contribution is 5.70. The van der Waals surface area contributed by atoms with Crippen LogP contribution < -0.4 is 10.6 Å². The van der Waals surface area contributed by atoms with Crippen molar-refractivity contribution in [1.82, 2.24) is 25.1 Å². The Balaban J connectivity index is 1.53. The third kappa shape index (κ3) is 3.64.